The molecule has 1 heterocycles. The van der Waals surface area contributed by atoms with Gasteiger partial charge in [-0.05, 0) is 19.9 Å². The van der Waals surface area contributed by atoms with Crippen LogP contribution in [-0.4, -0.2) is 21.0 Å². The molecule has 16 heavy (non-hydrogen) atoms. The normalized spacial score (nSPS) is 11.1. The van der Waals surface area contributed by atoms with Gasteiger partial charge in [0.2, 0.25) is 0 Å². The molecule has 0 bridgehead atoms. The Hall–Kier alpha value is -1.98. The van der Waals surface area contributed by atoms with E-state index in [1.54, 1.807) is 13.8 Å². The number of hydrogen-bond donors (Lipinski definition) is 1. The van der Waals surface area contributed by atoms with Gasteiger partial charge in [-0.25, -0.2) is 0 Å². The first-order valence-corrected chi connectivity index (χ1v) is 4.65. The van der Waals surface area contributed by atoms with Crippen LogP contribution in [0.1, 0.15) is 19.5 Å². The van der Waals surface area contributed by atoms with Crippen LogP contribution in [0.15, 0.2) is 18.3 Å². The maximum absolute atomic E-state index is 10.9. The summed E-state index contributed by atoms with van der Waals surface area (Å²) in [6.07, 6.45) is 1.37. The molecule has 86 valence electrons. The van der Waals surface area contributed by atoms with Crippen molar-refractivity contribution in [2.45, 2.75) is 20.3 Å². The van der Waals surface area contributed by atoms with Gasteiger partial charge in [0.15, 0.2) is 0 Å². The van der Waals surface area contributed by atoms with Crippen molar-refractivity contribution in [1.82, 2.24) is 4.98 Å². The highest BCUT2D eigenvalue weighted by molar-refractivity contribution is 5.73. The molecule has 1 aromatic heterocycles. The molecule has 0 fully saturated rings. The molecule has 1 aromatic rings. The minimum absolute atomic E-state index is 0.100. The molecule has 0 aromatic carbocycles. The third-order valence-electron chi connectivity index (χ3n) is 2.22. The van der Waals surface area contributed by atoms with Crippen molar-refractivity contribution in [2.24, 2.45) is 5.41 Å². The summed E-state index contributed by atoms with van der Waals surface area (Å²) < 4.78 is 0. The Balaban J connectivity index is 2.84. The molecule has 0 spiro atoms. The zero-order valence-electron chi connectivity index (χ0n) is 9.01. The SMILES string of the molecule is CC(C)(Cc1ccc([N+](=O)[O-])cn1)C(=O)O. The maximum Gasteiger partial charge on any atom is 0.309 e. The quantitative estimate of drug-likeness (QED) is 0.619. The highest BCUT2D eigenvalue weighted by Gasteiger charge is 2.28. The van der Waals surface area contributed by atoms with E-state index >= 15 is 0 Å². The van der Waals surface area contributed by atoms with Gasteiger partial charge in [0.1, 0.15) is 6.20 Å². The second-order valence-electron chi connectivity index (χ2n) is 4.13. The van der Waals surface area contributed by atoms with E-state index in [0.717, 1.165) is 6.20 Å². The van der Waals surface area contributed by atoms with Gasteiger partial charge in [-0.3, -0.25) is 19.9 Å². The number of carboxylic acids is 1. The number of nitro groups is 1. The molecule has 0 radical (unpaired) electrons. The topological polar surface area (TPSA) is 93.3 Å². The summed E-state index contributed by atoms with van der Waals surface area (Å²) in [7, 11) is 0. The van der Waals surface area contributed by atoms with E-state index in [1.807, 2.05) is 0 Å². The maximum atomic E-state index is 10.9. The van der Waals surface area contributed by atoms with Gasteiger partial charge >= 0.3 is 5.97 Å². The highest BCUT2D eigenvalue weighted by atomic mass is 16.6. The molecule has 0 unspecified atom stereocenters. The Morgan fingerprint density at radius 3 is 2.56 bits per heavy atom. The van der Waals surface area contributed by atoms with Crippen molar-refractivity contribution in [3.63, 3.8) is 0 Å². The highest BCUT2D eigenvalue weighted by Crippen LogP contribution is 2.21. The largest absolute Gasteiger partial charge is 0.481 e. The molecule has 0 aliphatic carbocycles. The predicted molar refractivity (Wildman–Crippen MR) is 56.0 cm³/mol. The standard InChI is InChI=1S/C10H12N2O4/c1-10(2,9(13)14)5-7-3-4-8(6-11-7)12(15)16/h3-4,6H,5H2,1-2H3,(H,13,14). The van der Waals surface area contributed by atoms with Crippen LogP contribution in [0.2, 0.25) is 0 Å². The molecule has 0 aliphatic rings. The first-order chi connectivity index (χ1) is 7.33. The fourth-order valence-corrected chi connectivity index (χ4v) is 1.16. The molecule has 1 rings (SSSR count). The number of carbonyl (C=O) groups is 1. The average Bonchev–Trinajstić information content (AvgIpc) is 2.17. The Morgan fingerprint density at radius 2 is 2.19 bits per heavy atom. The zero-order valence-corrected chi connectivity index (χ0v) is 9.01. The summed E-state index contributed by atoms with van der Waals surface area (Å²) in [6.45, 7) is 3.16. The van der Waals surface area contributed by atoms with Crippen molar-refractivity contribution in [3.05, 3.63) is 34.1 Å². The molecule has 0 saturated carbocycles. The minimum Gasteiger partial charge on any atom is -0.481 e. The second kappa shape index (κ2) is 4.26. The van der Waals surface area contributed by atoms with Crippen LogP contribution in [0.4, 0.5) is 5.69 Å². The first-order valence-electron chi connectivity index (χ1n) is 4.65. The minimum atomic E-state index is -0.927. The summed E-state index contributed by atoms with van der Waals surface area (Å²) >= 11 is 0. The van der Waals surface area contributed by atoms with E-state index in [4.69, 9.17) is 5.11 Å². The summed E-state index contributed by atoms with van der Waals surface area (Å²) in [5.74, 6) is -0.923. The Kier molecular flexibility index (Phi) is 3.22. The summed E-state index contributed by atoms with van der Waals surface area (Å²) in [5.41, 5.74) is -0.502. The number of aliphatic carboxylic acids is 1. The first kappa shape index (κ1) is 12.1. The van der Waals surface area contributed by atoms with Crippen molar-refractivity contribution in [1.29, 1.82) is 0 Å². The van der Waals surface area contributed by atoms with Crippen molar-refractivity contribution in [3.8, 4) is 0 Å². The van der Waals surface area contributed by atoms with Gasteiger partial charge in [-0.15, -0.1) is 0 Å². The van der Waals surface area contributed by atoms with Crippen molar-refractivity contribution >= 4 is 11.7 Å². The van der Waals surface area contributed by atoms with Crippen LogP contribution < -0.4 is 0 Å². The van der Waals surface area contributed by atoms with Crippen LogP contribution in [0, 0.1) is 15.5 Å². The molecule has 6 heteroatoms. The third kappa shape index (κ3) is 2.75. The Morgan fingerprint density at radius 1 is 1.56 bits per heavy atom. The second-order valence-corrected chi connectivity index (χ2v) is 4.13. The van der Waals surface area contributed by atoms with Crippen LogP contribution in [0.5, 0.6) is 0 Å². The van der Waals surface area contributed by atoms with Gasteiger partial charge in [-0.1, -0.05) is 0 Å². The molecule has 0 aliphatic heterocycles. The number of hydrogen-bond acceptors (Lipinski definition) is 4. The van der Waals surface area contributed by atoms with Crippen LogP contribution in [-0.2, 0) is 11.2 Å². The van der Waals surface area contributed by atoms with E-state index in [1.165, 1.54) is 12.1 Å². The zero-order chi connectivity index (χ0) is 12.3. The summed E-state index contributed by atoms with van der Waals surface area (Å²) in [5, 5.41) is 19.3. The van der Waals surface area contributed by atoms with Gasteiger partial charge in [0, 0.05) is 18.2 Å². The lowest BCUT2D eigenvalue weighted by atomic mass is 9.88. The van der Waals surface area contributed by atoms with Gasteiger partial charge in [0.25, 0.3) is 5.69 Å². The van der Waals surface area contributed by atoms with Gasteiger partial charge < -0.3 is 5.11 Å². The lowest BCUT2D eigenvalue weighted by Gasteiger charge is -2.17. The number of aromatic nitrogens is 1. The van der Waals surface area contributed by atoms with Crippen LogP contribution in [0.3, 0.4) is 0 Å². The van der Waals surface area contributed by atoms with E-state index < -0.39 is 16.3 Å². The molecule has 6 nitrogen and oxygen atoms in total. The lowest BCUT2D eigenvalue weighted by molar-refractivity contribution is -0.385. The monoisotopic (exact) mass is 224 g/mol. The number of nitrogens with zero attached hydrogens (tertiary/aromatic N) is 2. The van der Waals surface area contributed by atoms with Gasteiger partial charge in [-0.2, -0.15) is 0 Å². The number of carboxylic acid groups (broad SMARTS) is 1. The van der Waals surface area contributed by atoms with Crippen molar-refractivity contribution < 1.29 is 14.8 Å². The van der Waals surface area contributed by atoms with Crippen LogP contribution in [0.25, 0.3) is 0 Å². The van der Waals surface area contributed by atoms with E-state index in [9.17, 15) is 14.9 Å². The number of pyridine rings is 1. The fraction of sp³-hybridized carbons (Fsp3) is 0.400. The van der Waals surface area contributed by atoms with E-state index in [2.05, 4.69) is 4.98 Å². The summed E-state index contributed by atoms with van der Waals surface area (Å²) in [4.78, 5) is 24.6. The lowest BCUT2D eigenvalue weighted by Crippen LogP contribution is -2.26. The Labute approximate surface area is 92.1 Å². The van der Waals surface area contributed by atoms with E-state index in [0.29, 0.717) is 5.69 Å². The molecule has 0 saturated heterocycles. The number of rotatable bonds is 4. The molecular formula is C10H12N2O4. The fourth-order valence-electron chi connectivity index (χ4n) is 1.16. The molecule has 1 N–H and O–H groups in total. The van der Waals surface area contributed by atoms with Crippen LogP contribution >= 0.6 is 0 Å². The molecule has 0 atom stereocenters. The van der Waals surface area contributed by atoms with Crippen molar-refractivity contribution in [2.75, 3.05) is 0 Å². The third-order valence-corrected chi connectivity index (χ3v) is 2.22. The predicted octanol–water partition coefficient (Wildman–Crippen LogP) is 1.64. The molecular weight excluding hydrogens is 212 g/mol. The Bertz CT molecular complexity index is 411. The molecule has 0 amide bonds. The van der Waals surface area contributed by atoms with E-state index in [-0.39, 0.29) is 12.1 Å². The average molecular weight is 224 g/mol. The van der Waals surface area contributed by atoms with Gasteiger partial charge in [0.05, 0.1) is 10.3 Å². The smallest absolute Gasteiger partial charge is 0.309 e. The summed E-state index contributed by atoms with van der Waals surface area (Å²) in [6, 6.07) is 2.79.